The van der Waals surface area contributed by atoms with Crippen LogP contribution >= 0.6 is 31.9 Å². The Morgan fingerprint density at radius 2 is 2.00 bits per heavy atom. The highest BCUT2D eigenvalue weighted by Gasteiger charge is 2.07. The zero-order chi connectivity index (χ0) is 11.5. The van der Waals surface area contributed by atoms with Crippen LogP contribution in [0.3, 0.4) is 0 Å². The molecule has 15 heavy (non-hydrogen) atoms. The van der Waals surface area contributed by atoms with Gasteiger partial charge < -0.3 is 0 Å². The second-order valence-corrected chi connectivity index (χ2v) is 7.22. The van der Waals surface area contributed by atoms with Gasteiger partial charge in [0.15, 0.2) is 9.84 Å². The molecule has 1 rings (SSSR count). The lowest BCUT2D eigenvalue weighted by molar-refractivity contribution is 0.601. The molecule has 0 aliphatic heterocycles. The van der Waals surface area contributed by atoms with Crippen LogP contribution in [0.4, 0.5) is 0 Å². The zero-order valence-corrected chi connectivity index (χ0v) is 12.3. The Hall–Kier alpha value is 0.130. The zero-order valence-electron chi connectivity index (χ0n) is 8.33. The van der Waals surface area contributed by atoms with E-state index in [4.69, 9.17) is 0 Å². The Bertz CT molecular complexity index is 441. The molecule has 0 radical (unpaired) electrons. The molecule has 0 saturated carbocycles. The van der Waals surface area contributed by atoms with Crippen molar-refractivity contribution in [1.29, 1.82) is 0 Å². The average Bonchev–Trinajstić information content (AvgIpc) is 2.09. The summed E-state index contributed by atoms with van der Waals surface area (Å²) in [5, 5.41) is 0.869. The third kappa shape index (κ3) is 4.66. The minimum absolute atomic E-state index is 0.107. The van der Waals surface area contributed by atoms with Crippen molar-refractivity contribution in [2.24, 2.45) is 0 Å². The van der Waals surface area contributed by atoms with E-state index in [2.05, 4.69) is 31.9 Å². The summed E-state index contributed by atoms with van der Waals surface area (Å²) < 4.78 is 23.3. The van der Waals surface area contributed by atoms with E-state index >= 15 is 0 Å². The average molecular weight is 356 g/mol. The molecule has 0 bridgehead atoms. The van der Waals surface area contributed by atoms with Gasteiger partial charge in [-0.25, -0.2) is 8.42 Å². The third-order valence-electron chi connectivity index (χ3n) is 1.90. The normalized spacial score (nSPS) is 11.7. The van der Waals surface area contributed by atoms with Gasteiger partial charge in [0.2, 0.25) is 0 Å². The molecule has 0 atom stereocenters. The number of halogens is 2. The van der Waals surface area contributed by atoms with E-state index < -0.39 is 9.84 Å². The predicted molar refractivity (Wildman–Crippen MR) is 70.2 cm³/mol. The highest BCUT2D eigenvalue weighted by atomic mass is 79.9. The van der Waals surface area contributed by atoms with Crippen molar-refractivity contribution in [2.45, 2.75) is 12.2 Å². The van der Waals surface area contributed by atoms with E-state index in [1.165, 1.54) is 6.26 Å². The van der Waals surface area contributed by atoms with Crippen molar-refractivity contribution in [3.63, 3.8) is 0 Å². The lowest BCUT2D eigenvalue weighted by atomic mass is 10.1. The van der Waals surface area contributed by atoms with Gasteiger partial charge in [0.25, 0.3) is 0 Å². The van der Waals surface area contributed by atoms with Gasteiger partial charge in [-0.1, -0.05) is 44.0 Å². The van der Waals surface area contributed by atoms with Crippen molar-refractivity contribution >= 4 is 41.7 Å². The molecule has 0 heterocycles. The van der Waals surface area contributed by atoms with E-state index in [9.17, 15) is 8.42 Å². The lowest BCUT2D eigenvalue weighted by Gasteiger charge is -2.05. The number of rotatable bonds is 4. The van der Waals surface area contributed by atoms with Crippen LogP contribution in [0.1, 0.15) is 11.1 Å². The maximum absolute atomic E-state index is 11.1. The molecule has 1 aromatic rings. The molecule has 1 aromatic carbocycles. The van der Waals surface area contributed by atoms with Gasteiger partial charge in [-0.2, -0.15) is 0 Å². The molecule has 0 N–H and O–H groups in total. The minimum atomic E-state index is -2.95. The molecular weight excluding hydrogens is 344 g/mol. The quantitative estimate of drug-likeness (QED) is 0.778. The summed E-state index contributed by atoms with van der Waals surface area (Å²) in [7, 11) is -2.95. The number of aryl methyl sites for hydroxylation is 1. The fourth-order valence-corrected chi connectivity index (χ4v) is 2.97. The molecule has 0 aliphatic rings. The third-order valence-corrected chi connectivity index (χ3v) is 3.93. The summed E-state index contributed by atoms with van der Waals surface area (Å²) >= 11 is 6.81. The van der Waals surface area contributed by atoms with Gasteiger partial charge in [0.05, 0.1) is 5.75 Å². The first-order chi connectivity index (χ1) is 6.92. The Morgan fingerprint density at radius 1 is 1.33 bits per heavy atom. The second-order valence-electron chi connectivity index (χ2n) is 3.43. The molecular formula is C10H12Br2O2S. The molecule has 0 spiro atoms. The molecule has 84 valence electrons. The SMILES string of the molecule is CS(=O)(=O)Cc1ccc(Br)c(CCBr)c1. The maximum atomic E-state index is 11.1. The Morgan fingerprint density at radius 3 is 2.53 bits per heavy atom. The topological polar surface area (TPSA) is 34.1 Å². The van der Waals surface area contributed by atoms with Crippen LogP contribution in [0.15, 0.2) is 22.7 Å². The second kappa shape index (κ2) is 5.46. The lowest BCUT2D eigenvalue weighted by Crippen LogP contribution is -2.01. The van der Waals surface area contributed by atoms with Gasteiger partial charge in [-0.05, 0) is 23.6 Å². The van der Waals surface area contributed by atoms with Crippen LogP contribution in [0, 0.1) is 0 Å². The number of sulfone groups is 1. The molecule has 0 fully saturated rings. The van der Waals surface area contributed by atoms with Gasteiger partial charge in [-0.15, -0.1) is 0 Å². The summed E-state index contributed by atoms with van der Waals surface area (Å²) in [4.78, 5) is 0. The van der Waals surface area contributed by atoms with Crippen LogP contribution in [-0.4, -0.2) is 20.0 Å². The molecule has 2 nitrogen and oxygen atoms in total. The fourth-order valence-electron chi connectivity index (χ4n) is 1.31. The van der Waals surface area contributed by atoms with E-state index in [0.29, 0.717) is 0 Å². The van der Waals surface area contributed by atoms with Gasteiger partial charge in [0, 0.05) is 16.1 Å². The highest BCUT2D eigenvalue weighted by molar-refractivity contribution is 9.10. The Kier molecular flexibility index (Phi) is 4.80. The molecule has 5 heteroatoms. The smallest absolute Gasteiger partial charge is 0.151 e. The first-order valence-corrected chi connectivity index (χ1v) is 8.41. The summed E-state index contributed by atoms with van der Waals surface area (Å²) in [6.45, 7) is 0. The molecule has 0 amide bonds. The van der Waals surface area contributed by atoms with E-state index in [-0.39, 0.29) is 5.75 Å². The number of hydrogen-bond donors (Lipinski definition) is 0. The molecule has 0 unspecified atom stereocenters. The predicted octanol–water partition coefficient (Wildman–Crippen LogP) is 2.93. The monoisotopic (exact) mass is 354 g/mol. The molecule has 0 aliphatic carbocycles. The number of hydrogen-bond acceptors (Lipinski definition) is 2. The Labute approximate surface area is 107 Å². The fraction of sp³-hybridized carbons (Fsp3) is 0.400. The van der Waals surface area contributed by atoms with Gasteiger partial charge >= 0.3 is 0 Å². The van der Waals surface area contributed by atoms with Crippen molar-refractivity contribution in [1.82, 2.24) is 0 Å². The standard InChI is InChI=1S/C10H12Br2O2S/c1-15(13,14)7-8-2-3-10(12)9(6-8)4-5-11/h2-3,6H,4-5,7H2,1H3. The van der Waals surface area contributed by atoms with Crippen LogP contribution in [-0.2, 0) is 22.0 Å². The first-order valence-electron chi connectivity index (χ1n) is 4.43. The number of benzene rings is 1. The van der Waals surface area contributed by atoms with Crippen LogP contribution in [0.2, 0.25) is 0 Å². The summed E-state index contributed by atoms with van der Waals surface area (Å²) in [6, 6.07) is 5.67. The highest BCUT2D eigenvalue weighted by Crippen LogP contribution is 2.20. The molecule has 0 saturated heterocycles. The van der Waals surface area contributed by atoms with Gasteiger partial charge in [-0.3, -0.25) is 0 Å². The summed E-state index contributed by atoms with van der Waals surface area (Å²) in [6.07, 6.45) is 2.14. The van der Waals surface area contributed by atoms with Crippen molar-refractivity contribution in [3.8, 4) is 0 Å². The van der Waals surface area contributed by atoms with Crippen LogP contribution < -0.4 is 0 Å². The Balaban J connectivity index is 2.97. The van der Waals surface area contributed by atoms with Crippen molar-refractivity contribution < 1.29 is 8.42 Å². The first kappa shape index (κ1) is 13.2. The molecule has 0 aromatic heterocycles. The van der Waals surface area contributed by atoms with E-state index in [0.717, 1.165) is 27.4 Å². The van der Waals surface area contributed by atoms with E-state index in [1.54, 1.807) is 0 Å². The largest absolute Gasteiger partial charge is 0.229 e. The summed E-state index contributed by atoms with van der Waals surface area (Å²) in [5.41, 5.74) is 1.98. The summed E-state index contributed by atoms with van der Waals surface area (Å²) in [5.74, 6) is 0.107. The maximum Gasteiger partial charge on any atom is 0.151 e. The van der Waals surface area contributed by atoms with Gasteiger partial charge in [0.1, 0.15) is 0 Å². The van der Waals surface area contributed by atoms with Crippen LogP contribution in [0.5, 0.6) is 0 Å². The van der Waals surface area contributed by atoms with Crippen molar-refractivity contribution in [2.75, 3.05) is 11.6 Å². The number of alkyl halides is 1. The minimum Gasteiger partial charge on any atom is -0.229 e. The van der Waals surface area contributed by atoms with Crippen LogP contribution in [0.25, 0.3) is 0 Å². The van der Waals surface area contributed by atoms with E-state index in [1.807, 2.05) is 18.2 Å². The van der Waals surface area contributed by atoms with Crippen molar-refractivity contribution in [3.05, 3.63) is 33.8 Å².